The lowest BCUT2D eigenvalue weighted by molar-refractivity contribution is -0.136. The van der Waals surface area contributed by atoms with Gasteiger partial charge in [0.2, 0.25) is 65.0 Å². The van der Waals surface area contributed by atoms with Crippen LogP contribution in [0.25, 0.3) is 0 Å². The van der Waals surface area contributed by atoms with Gasteiger partial charge in [0, 0.05) is 44.0 Å². The second-order valence-corrected chi connectivity index (χ2v) is 18.1. The number of carbonyl (C=O) groups excluding carboxylic acids is 11. The van der Waals surface area contributed by atoms with Crippen molar-refractivity contribution < 1.29 is 63.0 Å². The quantitative estimate of drug-likeness (QED) is 0.0279. The summed E-state index contributed by atoms with van der Waals surface area (Å²) in [6, 6.07) is 2.35. The maximum atomic E-state index is 14.3. The smallest absolute Gasteiger partial charge is 0.245 e. The molecule has 2 aromatic carbocycles. The normalized spacial score (nSPS) is 14.2. The molecule has 1 heterocycles. The van der Waals surface area contributed by atoms with E-state index in [0.717, 1.165) is 0 Å². The number of aliphatic hydroxyl groups is 1. The van der Waals surface area contributed by atoms with Crippen LogP contribution in [0.3, 0.4) is 0 Å². The van der Waals surface area contributed by atoms with Crippen LogP contribution in [0.5, 0.6) is 5.75 Å². The lowest BCUT2D eigenvalue weighted by atomic mass is 10.0. The molecule has 27 heteroatoms. The fourth-order valence-corrected chi connectivity index (χ4v) is 7.18. The van der Waals surface area contributed by atoms with Crippen molar-refractivity contribution in [2.45, 2.75) is 120 Å². The highest BCUT2D eigenvalue weighted by atomic mass is 16.3. The first-order valence-electron chi connectivity index (χ1n) is 23.9. The number of hydrogen-bond acceptors (Lipinski definition) is 15. The summed E-state index contributed by atoms with van der Waals surface area (Å²) in [5.74, 6) is -10.1. The average molecular weight is 1050 g/mol. The zero-order valence-electron chi connectivity index (χ0n) is 41.8. The second-order valence-electron chi connectivity index (χ2n) is 18.1. The summed E-state index contributed by atoms with van der Waals surface area (Å²) in [5.41, 5.74) is 23.1. The molecule has 0 bridgehead atoms. The van der Waals surface area contributed by atoms with Crippen LogP contribution in [0.2, 0.25) is 0 Å². The monoisotopic (exact) mass is 1050 g/mol. The minimum Gasteiger partial charge on any atom is -0.508 e. The molecule has 0 saturated carbocycles. The van der Waals surface area contributed by atoms with Crippen LogP contribution in [-0.4, -0.2) is 147 Å². The standard InChI is InChI=1S/C48H68N14O13/c1-25(2)17-33(41(52)68)56-40(67)22-54-43(70)34(18-27-7-5-4-6-8-27)59-48(75)37(23-63)62-46(73)35(19-28-9-11-30(64)12-10-28)60-45(72)32(14-16-39(51)66)58-47(74)36(20-29-21-53-24-55-29)61-44(71)31(13-15-38(50)65)57-42(69)26(3)49/h4-12,21,24-26,31-37,63-64H,13-20,22-23,49H2,1-3H3,(H2,50,65)(H2,51,66)(H2,52,68)(H,53,55)(H,54,70)(H,56,67)(H,57,69)(H,58,74)(H,59,75)(H,60,72)(H,61,71)(H,62,73)/t26-,31-,32-,33-,34-,35-,36-,37-/m0/s1. The molecule has 0 radical (unpaired) electrons. The predicted octanol–water partition coefficient (Wildman–Crippen LogP) is -4.95. The molecule has 11 amide bonds. The number of nitrogens with zero attached hydrogens (tertiary/aromatic N) is 1. The number of hydrogen-bond donors (Lipinski definition) is 15. The van der Waals surface area contributed by atoms with Gasteiger partial charge in [-0.25, -0.2) is 4.98 Å². The van der Waals surface area contributed by atoms with E-state index in [1.165, 1.54) is 43.7 Å². The van der Waals surface area contributed by atoms with Crippen LogP contribution < -0.4 is 65.5 Å². The molecular weight excluding hydrogens is 981 g/mol. The molecule has 8 atom stereocenters. The van der Waals surface area contributed by atoms with E-state index in [4.69, 9.17) is 22.9 Å². The number of phenolic OH excluding ortho intramolecular Hbond substituents is 1. The van der Waals surface area contributed by atoms with E-state index in [2.05, 4.69) is 52.5 Å². The first kappa shape index (κ1) is 60.8. The zero-order valence-corrected chi connectivity index (χ0v) is 41.8. The predicted molar refractivity (Wildman–Crippen MR) is 267 cm³/mol. The first-order chi connectivity index (χ1) is 35.4. The Hall–Kier alpha value is -8.46. The number of amides is 11. The summed E-state index contributed by atoms with van der Waals surface area (Å²) >= 11 is 0. The van der Waals surface area contributed by atoms with Gasteiger partial charge < -0.3 is 80.7 Å². The largest absolute Gasteiger partial charge is 0.508 e. The minimum absolute atomic E-state index is 0.00718. The maximum absolute atomic E-state index is 14.3. The number of aromatic hydroxyl groups is 1. The molecule has 19 N–H and O–H groups in total. The van der Waals surface area contributed by atoms with Gasteiger partial charge in [-0.15, -0.1) is 0 Å². The van der Waals surface area contributed by atoms with Crippen LogP contribution in [-0.2, 0) is 72.0 Å². The van der Waals surface area contributed by atoms with E-state index in [9.17, 15) is 63.0 Å². The van der Waals surface area contributed by atoms with Gasteiger partial charge in [0.25, 0.3) is 0 Å². The maximum Gasteiger partial charge on any atom is 0.245 e. The molecule has 75 heavy (non-hydrogen) atoms. The third-order valence-corrected chi connectivity index (χ3v) is 11.2. The first-order valence-corrected chi connectivity index (χ1v) is 23.9. The molecule has 3 rings (SSSR count). The SMILES string of the molecule is CC(C)C[C@H](NC(=O)CNC(=O)[C@H](Cc1ccccc1)NC(=O)[C@H](CO)NC(=O)[C@H](Cc1ccc(O)cc1)NC(=O)[C@H](CCC(N)=O)NC(=O)[C@H](Cc1cnc[nH]1)NC(=O)[C@H](CCC(N)=O)NC(=O)[C@H](C)N)C(N)=O. The Morgan fingerprint density at radius 1 is 0.560 bits per heavy atom. The fraction of sp³-hybridized carbons (Fsp3) is 0.458. The zero-order chi connectivity index (χ0) is 55.8. The van der Waals surface area contributed by atoms with Crippen molar-refractivity contribution in [2.24, 2.45) is 28.9 Å². The Kier molecular flexibility index (Phi) is 24.8. The molecule has 1 aromatic heterocycles. The number of benzene rings is 2. The molecule has 27 nitrogen and oxygen atoms in total. The number of rotatable bonds is 32. The van der Waals surface area contributed by atoms with Crippen LogP contribution in [0, 0.1) is 5.92 Å². The summed E-state index contributed by atoms with van der Waals surface area (Å²) in [6.45, 7) is 3.33. The minimum atomic E-state index is -1.78. The Labute approximate surface area is 431 Å². The summed E-state index contributed by atoms with van der Waals surface area (Å²) < 4.78 is 0. The number of aromatic amines is 1. The van der Waals surface area contributed by atoms with Gasteiger partial charge in [0.15, 0.2) is 0 Å². The lowest BCUT2D eigenvalue weighted by Gasteiger charge is -2.27. The number of carbonyl (C=O) groups is 11. The van der Waals surface area contributed by atoms with Gasteiger partial charge in [0.05, 0.1) is 25.5 Å². The number of aliphatic hydroxyl groups excluding tert-OH is 1. The van der Waals surface area contributed by atoms with Crippen molar-refractivity contribution in [1.82, 2.24) is 52.5 Å². The van der Waals surface area contributed by atoms with Gasteiger partial charge in [-0.2, -0.15) is 0 Å². The number of primary amides is 3. The van der Waals surface area contributed by atoms with Gasteiger partial charge in [0.1, 0.15) is 48.0 Å². The number of imidazole rings is 1. The van der Waals surface area contributed by atoms with Gasteiger partial charge in [-0.3, -0.25) is 52.7 Å². The Balaban J connectivity index is 1.91. The highest BCUT2D eigenvalue weighted by Crippen LogP contribution is 2.13. The van der Waals surface area contributed by atoms with E-state index in [0.29, 0.717) is 16.8 Å². The Bertz CT molecular complexity index is 2440. The molecule has 0 spiro atoms. The summed E-state index contributed by atoms with van der Waals surface area (Å²) in [5, 5.41) is 40.0. The van der Waals surface area contributed by atoms with Gasteiger partial charge in [-0.1, -0.05) is 56.3 Å². The van der Waals surface area contributed by atoms with Crippen molar-refractivity contribution in [2.75, 3.05) is 13.2 Å². The fourth-order valence-electron chi connectivity index (χ4n) is 7.18. The van der Waals surface area contributed by atoms with E-state index in [1.807, 2.05) is 13.8 Å². The van der Waals surface area contributed by atoms with Gasteiger partial charge in [-0.05, 0) is 55.4 Å². The molecule has 408 valence electrons. The van der Waals surface area contributed by atoms with E-state index in [-0.39, 0.29) is 50.2 Å². The average Bonchev–Trinajstić information content (AvgIpc) is 3.87. The van der Waals surface area contributed by atoms with E-state index in [1.54, 1.807) is 30.3 Å². The summed E-state index contributed by atoms with van der Waals surface area (Å²) in [4.78, 5) is 151. The molecule has 0 saturated heterocycles. The molecule has 0 fully saturated rings. The van der Waals surface area contributed by atoms with Crippen LogP contribution >= 0.6 is 0 Å². The van der Waals surface area contributed by atoms with Crippen molar-refractivity contribution in [1.29, 1.82) is 0 Å². The lowest BCUT2D eigenvalue weighted by Crippen LogP contribution is -2.61. The van der Waals surface area contributed by atoms with Gasteiger partial charge >= 0.3 is 0 Å². The Morgan fingerprint density at radius 3 is 1.48 bits per heavy atom. The number of aromatic nitrogens is 2. The number of phenols is 1. The molecule has 0 aliphatic carbocycles. The highest BCUT2D eigenvalue weighted by Gasteiger charge is 2.35. The summed E-state index contributed by atoms with van der Waals surface area (Å²) in [6.07, 6.45) is 0.570. The van der Waals surface area contributed by atoms with E-state index < -0.39 is 139 Å². The van der Waals surface area contributed by atoms with Crippen molar-refractivity contribution in [3.63, 3.8) is 0 Å². The highest BCUT2D eigenvalue weighted by molar-refractivity contribution is 5.98. The van der Waals surface area contributed by atoms with E-state index >= 15 is 0 Å². The molecule has 0 unspecified atom stereocenters. The third kappa shape index (κ3) is 22.1. The number of nitrogens with one attached hydrogen (secondary N) is 9. The van der Waals surface area contributed by atoms with Crippen LogP contribution in [0.4, 0.5) is 0 Å². The molecule has 0 aliphatic heterocycles. The van der Waals surface area contributed by atoms with Crippen LogP contribution in [0.1, 0.15) is 69.7 Å². The molecule has 3 aromatic rings. The van der Waals surface area contributed by atoms with Crippen LogP contribution in [0.15, 0.2) is 67.1 Å². The van der Waals surface area contributed by atoms with Crippen molar-refractivity contribution in [3.05, 3.63) is 83.9 Å². The topological polar surface area (TPSA) is 457 Å². The number of nitrogens with two attached hydrogens (primary N) is 4. The number of H-pyrrole nitrogens is 1. The molecular formula is C48H68N14O13. The molecule has 0 aliphatic rings. The van der Waals surface area contributed by atoms with Crippen molar-refractivity contribution >= 4 is 65.0 Å². The Morgan fingerprint density at radius 2 is 1.01 bits per heavy atom. The van der Waals surface area contributed by atoms with Crippen molar-refractivity contribution in [3.8, 4) is 5.75 Å². The third-order valence-electron chi connectivity index (χ3n) is 11.2. The second kappa shape index (κ2) is 30.5. The summed E-state index contributed by atoms with van der Waals surface area (Å²) in [7, 11) is 0.